The summed E-state index contributed by atoms with van der Waals surface area (Å²) in [5.41, 5.74) is 0.157. The summed E-state index contributed by atoms with van der Waals surface area (Å²) in [6.45, 7) is 2.24. The maximum absolute atomic E-state index is 12.4. The van der Waals surface area contributed by atoms with Gasteiger partial charge in [-0.05, 0) is 31.9 Å². The van der Waals surface area contributed by atoms with Crippen LogP contribution in [0.25, 0.3) is 5.65 Å². The summed E-state index contributed by atoms with van der Waals surface area (Å²) >= 11 is 0. The topological polar surface area (TPSA) is 56.5 Å². The predicted molar refractivity (Wildman–Crippen MR) is 69.8 cm³/mol. The zero-order valence-electron chi connectivity index (χ0n) is 11.0. The van der Waals surface area contributed by atoms with E-state index in [1.165, 1.54) is 0 Å². The first-order valence-corrected chi connectivity index (χ1v) is 6.75. The Morgan fingerprint density at radius 2 is 2.16 bits per heavy atom. The molecule has 0 unspecified atom stereocenters. The molecule has 0 bridgehead atoms. The highest BCUT2D eigenvalue weighted by molar-refractivity contribution is 5.82. The second-order valence-electron chi connectivity index (χ2n) is 4.96. The molecule has 1 fully saturated rings. The average molecular weight is 259 g/mol. The van der Waals surface area contributed by atoms with E-state index in [9.17, 15) is 4.79 Å². The van der Waals surface area contributed by atoms with Crippen molar-refractivity contribution >= 4 is 11.6 Å². The highest BCUT2D eigenvalue weighted by Crippen LogP contribution is 2.41. The van der Waals surface area contributed by atoms with Gasteiger partial charge in [-0.2, -0.15) is 0 Å². The molecule has 0 aliphatic heterocycles. The fraction of sp³-hybridized carbons (Fsp3) is 0.500. The minimum Gasteiger partial charge on any atom is -0.465 e. The van der Waals surface area contributed by atoms with Crippen molar-refractivity contribution in [3.8, 4) is 0 Å². The van der Waals surface area contributed by atoms with Crippen molar-refractivity contribution in [3.63, 3.8) is 0 Å². The van der Waals surface area contributed by atoms with Crippen LogP contribution >= 0.6 is 0 Å². The molecule has 1 aliphatic carbocycles. The largest absolute Gasteiger partial charge is 0.465 e. The maximum Gasteiger partial charge on any atom is 0.319 e. The van der Waals surface area contributed by atoms with E-state index in [0.717, 1.165) is 37.2 Å². The van der Waals surface area contributed by atoms with Gasteiger partial charge in [0.05, 0.1) is 6.61 Å². The molecule has 0 radical (unpaired) electrons. The van der Waals surface area contributed by atoms with Gasteiger partial charge in [-0.15, -0.1) is 10.2 Å². The van der Waals surface area contributed by atoms with Gasteiger partial charge in [-0.25, -0.2) is 0 Å². The van der Waals surface area contributed by atoms with Gasteiger partial charge in [0.15, 0.2) is 11.5 Å². The first kappa shape index (κ1) is 12.1. The van der Waals surface area contributed by atoms with Crippen molar-refractivity contribution < 1.29 is 9.53 Å². The van der Waals surface area contributed by atoms with E-state index < -0.39 is 5.41 Å². The van der Waals surface area contributed by atoms with Crippen LogP contribution in [-0.2, 0) is 14.9 Å². The van der Waals surface area contributed by atoms with Gasteiger partial charge in [0, 0.05) is 6.20 Å². The third-order valence-corrected chi connectivity index (χ3v) is 3.87. The Balaban J connectivity index is 2.12. The summed E-state index contributed by atoms with van der Waals surface area (Å²) in [7, 11) is 0. The van der Waals surface area contributed by atoms with Gasteiger partial charge < -0.3 is 4.74 Å². The second-order valence-corrected chi connectivity index (χ2v) is 4.96. The average Bonchev–Trinajstić information content (AvgIpc) is 3.06. The van der Waals surface area contributed by atoms with E-state index in [4.69, 9.17) is 4.74 Å². The molecule has 0 saturated heterocycles. The molecule has 2 heterocycles. The van der Waals surface area contributed by atoms with Crippen LogP contribution in [0.1, 0.15) is 38.4 Å². The van der Waals surface area contributed by atoms with Gasteiger partial charge in [0.25, 0.3) is 0 Å². The van der Waals surface area contributed by atoms with E-state index in [0.29, 0.717) is 6.61 Å². The molecule has 5 nitrogen and oxygen atoms in total. The van der Waals surface area contributed by atoms with Gasteiger partial charge in [0.2, 0.25) is 0 Å². The Morgan fingerprint density at radius 3 is 2.89 bits per heavy atom. The number of hydrogen-bond donors (Lipinski definition) is 0. The molecule has 0 aromatic carbocycles. The number of esters is 1. The van der Waals surface area contributed by atoms with E-state index in [1.807, 2.05) is 35.7 Å². The number of nitrogens with zero attached hydrogens (tertiary/aromatic N) is 3. The second kappa shape index (κ2) is 4.64. The van der Waals surface area contributed by atoms with Crippen molar-refractivity contribution in [1.29, 1.82) is 0 Å². The lowest BCUT2D eigenvalue weighted by atomic mass is 9.85. The third kappa shape index (κ3) is 1.80. The zero-order valence-corrected chi connectivity index (χ0v) is 11.0. The van der Waals surface area contributed by atoms with Gasteiger partial charge in [-0.3, -0.25) is 9.20 Å². The van der Waals surface area contributed by atoms with E-state index >= 15 is 0 Å². The zero-order chi connectivity index (χ0) is 13.3. The van der Waals surface area contributed by atoms with Crippen LogP contribution in [0.2, 0.25) is 0 Å². The number of pyridine rings is 1. The molecule has 5 heteroatoms. The summed E-state index contributed by atoms with van der Waals surface area (Å²) < 4.78 is 7.19. The Hall–Kier alpha value is -1.91. The standard InChI is InChI=1S/C14H17N3O2/c1-2-19-13(18)14(8-4-5-9-14)12-16-15-11-7-3-6-10-17(11)12/h3,6-7,10H,2,4-5,8-9H2,1H3. The Morgan fingerprint density at radius 1 is 1.37 bits per heavy atom. The maximum atomic E-state index is 12.4. The van der Waals surface area contributed by atoms with E-state index in [2.05, 4.69) is 10.2 Å². The summed E-state index contributed by atoms with van der Waals surface area (Å²) in [4.78, 5) is 12.4. The molecule has 0 amide bonds. The number of fused-ring (bicyclic) bond motifs is 1. The molecular weight excluding hydrogens is 242 g/mol. The Kier molecular flexibility index (Phi) is 2.97. The van der Waals surface area contributed by atoms with Gasteiger partial charge in [0.1, 0.15) is 5.41 Å². The molecule has 0 atom stereocenters. The Labute approximate surface area is 111 Å². The van der Waals surface area contributed by atoms with Crippen LogP contribution in [-0.4, -0.2) is 27.2 Å². The lowest BCUT2D eigenvalue weighted by Crippen LogP contribution is -2.36. The van der Waals surface area contributed by atoms with Crippen LogP contribution in [0, 0.1) is 0 Å². The summed E-state index contributed by atoms with van der Waals surface area (Å²) in [6, 6.07) is 5.73. The van der Waals surface area contributed by atoms with Gasteiger partial charge >= 0.3 is 5.97 Å². The van der Waals surface area contributed by atoms with Crippen LogP contribution in [0.15, 0.2) is 24.4 Å². The van der Waals surface area contributed by atoms with Gasteiger partial charge in [-0.1, -0.05) is 18.9 Å². The van der Waals surface area contributed by atoms with Crippen molar-refractivity contribution in [2.75, 3.05) is 6.61 Å². The Bertz CT molecular complexity index is 600. The molecule has 100 valence electrons. The minimum absolute atomic E-state index is 0.161. The monoisotopic (exact) mass is 259 g/mol. The first-order chi connectivity index (χ1) is 9.28. The quantitative estimate of drug-likeness (QED) is 0.792. The molecule has 1 saturated carbocycles. The molecule has 2 aromatic rings. The first-order valence-electron chi connectivity index (χ1n) is 6.75. The fourth-order valence-electron chi connectivity index (χ4n) is 2.93. The molecule has 19 heavy (non-hydrogen) atoms. The van der Waals surface area contributed by atoms with Crippen molar-refractivity contribution in [1.82, 2.24) is 14.6 Å². The number of ether oxygens (including phenoxy) is 1. The predicted octanol–water partition coefficient (Wildman–Crippen LogP) is 2.10. The highest BCUT2D eigenvalue weighted by atomic mass is 16.5. The normalized spacial score (nSPS) is 17.7. The summed E-state index contributed by atoms with van der Waals surface area (Å²) in [6.07, 6.45) is 5.55. The number of carbonyl (C=O) groups excluding carboxylic acids is 1. The van der Waals surface area contributed by atoms with Crippen LogP contribution < -0.4 is 0 Å². The molecule has 3 rings (SSSR count). The molecule has 2 aromatic heterocycles. The van der Waals surface area contributed by atoms with Crippen LogP contribution in [0.4, 0.5) is 0 Å². The molecule has 1 aliphatic rings. The number of hydrogen-bond acceptors (Lipinski definition) is 4. The van der Waals surface area contributed by atoms with Crippen LogP contribution in [0.5, 0.6) is 0 Å². The lowest BCUT2D eigenvalue weighted by molar-refractivity contribution is -0.150. The number of aromatic nitrogens is 3. The molecule has 0 N–H and O–H groups in total. The summed E-state index contributed by atoms with van der Waals surface area (Å²) in [5, 5.41) is 8.42. The van der Waals surface area contributed by atoms with Crippen molar-refractivity contribution in [3.05, 3.63) is 30.2 Å². The van der Waals surface area contributed by atoms with E-state index in [1.54, 1.807) is 0 Å². The van der Waals surface area contributed by atoms with Crippen molar-refractivity contribution in [2.24, 2.45) is 0 Å². The van der Waals surface area contributed by atoms with Crippen molar-refractivity contribution in [2.45, 2.75) is 38.0 Å². The fourth-order valence-corrected chi connectivity index (χ4v) is 2.93. The van der Waals surface area contributed by atoms with Crippen LogP contribution in [0.3, 0.4) is 0 Å². The summed E-state index contributed by atoms with van der Waals surface area (Å²) in [5.74, 6) is 0.560. The third-order valence-electron chi connectivity index (χ3n) is 3.87. The smallest absolute Gasteiger partial charge is 0.319 e. The number of carbonyl (C=O) groups is 1. The highest BCUT2D eigenvalue weighted by Gasteiger charge is 2.47. The lowest BCUT2D eigenvalue weighted by Gasteiger charge is -2.24. The minimum atomic E-state index is -0.614. The van der Waals surface area contributed by atoms with E-state index in [-0.39, 0.29) is 5.97 Å². The molecular formula is C14H17N3O2. The molecule has 0 spiro atoms. The SMILES string of the molecule is CCOC(=O)C1(c2nnc3ccccn23)CCCC1. The number of rotatable bonds is 3.